The summed E-state index contributed by atoms with van der Waals surface area (Å²) < 4.78 is 39.7. The van der Waals surface area contributed by atoms with E-state index in [1.54, 1.807) is 12.1 Å². The van der Waals surface area contributed by atoms with Crippen molar-refractivity contribution in [3.05, 3.63) is 83.4 Å². The number of carbonyl (C=O) groups excluding carboxylic acids is 2. The summed E-state index contributed by atoms with van der Waals surface area (Å²) in [6, 6.07) is 18.6. The molecular weight excluding hydrogens is 566 g/mol. The van der Waals surface area contributed by atoms with Gasteiger partial charge in [0.2, 0.25) is 11.8 Å². The minimum absolute atomic E-state index is 0.0999. The molecule has 0 fully saturated rings. The molecule has 0 bridgehead atoms. The van der Waals surface area contributed by atoms with Gasteiger partial charge in [0.25, 0.3) is 10.0 Å². The second kappa shape index (κ2) is 14.2. The van der Waals surface area contributed by atoms with Crippen molar-refractivity contribution in [2.45, 2.75) is 50.7 Å². The standard InChI is InChI=1S/C30H36ClN3O6S/c1-6-26(30(36)32-21(2)3)33(19-22-10-8-7-9-11-22)29(35)20-34(24-14-12-23(31)13-15-24)41(37,38)25-16-17-27(39-4)28(18-25)40-5/h7-18,21,26H,6,19-20H2,1-5H3,(H,32,36). The van der Waals surface area contributed by atoms with Crippen LogP contribution < -0.4 is 19.1 Å². The molecule has 0 aromatic heterocycles. The number of rotatable bonds is 13. The van der Waals surface area contributed by atoms with E-state index in [0.717, 1.165) is 9.87 Å². The monoisotopic (exact) mass is 601 g/mol. The largest absolute Gasteiger partial charge is 0.493 e. The highest BCUT2D eigenvalue weighted by Gasteiger charge is 2.34. The van der Waals surface area contributed by atoms with Crippen LogP contribution in [0.2, 0.25) is 5.02 Å². The number of hydrogen-bond acceptors (Lipinski definition) is 6. The van der Waals surface area contributed by atoms with Crippen molar-refractivity contribution in [1.29, 1.82) is 0 Å². The molecule has 2 amide bonds. The van der Waals surface area contributed by atoms with E-state index in [9.17, 15) is 18.0 Å². The molecule has 41 heavy (non-hydrogen) atoms. The first kappa shape index (κ1) is 31.8. The Hall–Kier alpha value is -3.76. The van der Waals surface area contributed by atoms with Gasteiger partial charge >= 0.3 is 0 Å². The van der Waals surface area contributed by atoms with Crippen LogP contribution in [0.5, 0.6) is 11.5 Å². The molecule has 0 aliphatic heterocycles. The average Bonchev–Trinajstić information content (AvgIpc) is 2.95. The number of nitrogens with zero attached hydrogens (tertiary/aromatic N) is 2. The van der Waals surface area contributed by atoms with Crippen LogP contribution in [0.25, 0.3) is 0 Å². The number of hydrogen-bond donors (Lipinski definition) is 1. The number of benzene rings is 3. The van der Waals surface area contributed by atoms with Gasteiger partial charge in [-0.25, -0.2) is 8.42 Å². The Kier molecular flexibility index (Phi) is 11.0. The normalized spacial score (nSPS) is 12.0. The smallest absolute Gasteiger partial charge is 0.264 e. The van der Waals surface area contributed by atoms with E-state index in [0.29, 0.717) is 17.2 Å². The second-order valence-electron chi connectivity index (χ2n) is 9.60. The van der Waals surface area contributed by atoms with Gasteiger partial charge in [-0.3, -0.25) is 13.9 Å². The van der Waals surface area contributed by atoms with E-state index < -0.39 is 28.5 Å². The molecule has 11 heteroatoms. The number of methoxy groups -OCH3 is 2. The van der Waals surface area contributed by atoms with Gasteiger partial charge in [0, 0.05) is 23.7 Å². The molecule has 3 aromatic carbocycles. The van der Waals surface area contributed by atoms with E-state index in [4.69, 9.17) is 21.1 Å². The van der Waals surface area contributed by atoms with E-state index in [1.807, 2.05) is 51.1 Å². The topological polar surface area (TPSA) is 105 Å². The molecular formula is C30H36ClN3O6S. The third-order valence-electron chi connectivity index (χ3n) is 6.35. The lowest BCUT2D eigenvalue weighted by molar-refractivity contribution is -0.140. The van der Waals surface area contributed by atoms with Gasteiger partial charge in [0.15, 0.2) is 11.5 Å². The summed E-state index contributed by atoms with van der Waals surface area (Å²) in [5.41, 5.74) is 1.04. The maximum Gasteiger partial charge on any atom is 0.264 e. The lowest BCUT2D eigenvalue weighted by Gasteiger charge is -2.33. The predicted molar refractivity (Wildman–Crippen MR) is 160 cm³/mol. The minimum Gasteiger partial charge on any atom is -0.493 e. The summed E-state index contributed by atoms with van der Waals surface area (Å²) in [6.45, 7) is 5.05. The molecule has 0 aliphatic carbocycles. The molecule has 3 aromatic rings. The highest BCUT2D eigenvalue weighted by Crippen LogP contribution is 2.32. The van der Waals surface area contributed by atoms with Crippen LogP contribution in [0, 0.1) is 0 Å². The molecule has 0 saturated carbocycles. The summed E-state index contributed by atoms with van der Waals surface area (Å²) in [5.74, 6) is -0.277. The van der Waals surface area contributed by atoms with E-state index >= 15 is 0 Å². The Bertz CT molecular complexity index is 1430. The number of amides is 2. The highest BCUT2D eigenvalue weighted by molar-refractivity contribution is 7.92. The number of ether oxygens (including phenoxy) is 2. The van der Waals surface area contributed by atoms with Crippen molar-refractivity contribution in [2.24, 2.45) is 0 Å². The van der Waals surface area contributed by atoms with Gasteiger partial charge in [-0.1, -0.05) is 48.9 Å². The first-order valence-electron chi connectivity index (χ1n) is 13.2. The van der Waals surface area contributed by atoms with E-state index in [-0.39, 0.29) is 34.8 Å². The van der Waals surface area contributed by atoms with Crippen molar-refractivity contribution in [3.63, 3.8) is 0 Å². The van der Waals surface area contributed by atoms with Crippen molar-refractivity contribution in [1.82, 2.24) is 10.2 Å². The molecule has 0 saturated heterocycles. The number of sulfonamides is 1. The lowest BCUT2D eigenvalue weighted by atomic mass is 10.1. The SMILES string of the molecule is CCC(C(=O)NC(C)C)N(Cc1ccccc1)C(=O)CN(c1ccc(Cl)cc1)S(=O)(=O)c1ccc(OC)c(OC)c1. The van der Waals surface area contributed by atoms with Crippen LogP contribution >= 0.6 is 11.6 Å². The molecule has 220 valence electrons. The molecule has 0 heterocycles. The summed E-state index contributed by atoms with van der Waals surface area (Å²) in [4.78, 5) is 28.6. The van der Waals surface area contributed by atoms with Gasteiger partial charge in [0.1, 0.15) is 12.6 Å². The number of halogens is 1. The van der Waals surface area contributed by atoms with Crippen LogP contribution in [0.15, 0.2) is 77.7 Å². The maximum absolute atomic E-state index is 14.1. The van der Waals surface area contributed by atoms with Gasteiger partial charge in [-0.05, 0) is 62.2 Å². The summed E-state index contributed by atoms with van der Waals surface area (Å²) >= 11 is 6.09. The second-order valence-corrected chi connectivity index (χ2v) is 11.9. The summed E-state index contributed by atoms with van der Waals surface area (Å²) in [6.07, 6.45) is 0.334. The zero-order chi connectivity index (χ0) is 30.2. The molecule has 9 nitrogen and oxygen atoms in total. The summed E-state index contributed by atoms with van der Waals surface area (Å²) in [7, 11) is -1.43. The van der Waals surface area contributed by atoms with Gasteiger partial charge in [-0.15, -0.1) is 0 Å². The first-order chi connectivity index (χ1) is 19.5. The van der Waals surface area contributed by atoms with Crippen LogP contribution in [0.1, 0.15) is 32.8 Å². The first-order valence-corrected chi connectivity index (χ1v) is 15.0. The van der Waals surface area contributed by atoms with Crippen molar-refractivity contribution in [3.8, 4) is 11.5 Å². The van der Waals surface area contributed by atoms with E-state index in [2.05, 4.69) is 5.32 Å². The maximum atomic E-state index is 14.1. The molecule has 0 spiro atoms. The molecule has 1 unspecified atom stereocenters. The third kappa shape index (κ3) is 7.92. The van der Waals surface area contributed by atoms with E-state index in [1.165, 1.54) is 49.5 Å². The van der Waals surface area contributed by atoms with Gasteiger partial charge in [0.05, 0.1) is 24.8 Å². The predicted octanol–water partition coefficient (Wildman–Crippen LogP) is 4.88. The zero-order valence-corrected chi connectivity index (χ0v) is 25.4. The van der Waals surface area contributed by atoms with Crippen LogP contribution in [0.4, 0.5) is 5.69 Å². The van der Waals surface area contributed by atoms with Crippen molar-refractivity contribution < 1.29 is 27.5 Å². The Balaban J connectivity index is 2.08. The zero-order valence-electron chi connectivity index (χ0n) is 23.8. The van der Waals surface area contributed by atoms with Crippen LogP contribution in [-0.2, 0) is 26.2 Å². The number of anilines is 1. The fourth-order valence-corrected chi connectivity index (χ4v) is 5.88. The number of carbonyl (C=O) groups is 2. The highest BCUT2D eigenvalue weighted by atomic mass is 35.5. The van der Waals surface area contributed by atoms with Gasteiger partial charge in [-0.2, -0.15) is 0 Å². The lowest BCUT2D eigenvalue weighted by Crippen LogP contribution is -2.53. The third-order valence-corrected chi connectivity index (χ3v) is 8.37. The number of nitrogens with one attached hydrogen (secondary N) is 1. The minimum atomic E-state index is -4.29. The molecule has 0 radical (unpaired) electrons. The van der Waals surface area contributed by atoms with Crippen molar-refractivity contribution >= 4 is 39.1 Å². The van der Waals surface area contributed by atoms with Gasteiger partial charge < -0.3 is 19.7 Å². The molecule has 1 N–H and O–H groups in total. The van der Waals surface area contributed by atoms with Crippen molar-refractivity contribution in [2.75, 3.05) is 25.1 Å². The van der Waals surface area contributed by atoms with Crippen LogP contribution in [-0.4, -0.2) is 58.0 Å². The summed E-state index contributed by atoms with van der Waals surface area (Å²) in [5, 5.41) is 3.29. The van der Waals surface area contributed by atoms with Crippen LogP contribution in [0.3, 0.4) is 0 Å². The Morgan fingerprint density at radius 3 is 2.12 bits per heavy atom. The average molecular weight is 602 g/mol. The Labute approximate surface area is 247 Å². The Morgan fingerprint density at radius 2 is 1.56 bits per heavy atom. The Morgan fingerprint density at radius 1 is 0.927 bits per heavy atom. The fraction of sp³-hybridized carbons (Fsp3) is 0.333. The molecule has 3 rings (SSSR count). The quantitative estimate of drug-likeness (QED) is 0.299. The molecule has 0 aliphatic rings. The fourth-order valence-electron chi connectivity index (χ4n) is 4.32. The molecule has 1 atom stereocenters.